The number of thiocarbonyl (C=S) groups is 1. The fourth-order valence-electron chi connectivity index (χ4n) is 4.02. The molecule has 5 rings (SSSR count). The summed E-state index contributed by atoms with van der Waals surface area (Å²) in [7, 11) is 0. The molecule has 37 heavy (non-hydrogen) atoms. The van der Waals surface area contributed by atoms with Crippen LogP contribution < -0.4 is 4.74 Å². The number of nitrogens with zero attached hydrogens (tertiary/aromatic N) is 3. The van der Waals surface area contributed by atoms with Gasteiger partial charge in [-0.1, -0.05) is 85.9 Å². The molecule has 0 saturated carbocycles. The molecule has 1 aromatic heterocycles. The molecule has 1 aliphatic heterocycles. The van der Waals surface area contributed by atoms with E-state index in [-0.39, 0.29) is 5.91 Å². The topological polar surface area (TPSA) is 47.4 Å². The summed E-state index contributed by atoms with van der Waals surface area (Å²) in [4.78, 5) is 15.6. The number of unbranched alkanes of at least 4 members (excludes halogenated alkanes) is 1. The second-order valence-electron chi connectivity index (χ2n) is 8.69. The number of para-hydroxylation sites is 1. The molecule has 0 atom stereocenters. The summed E-state index contributed by atoms with van der Waals surface area (Å²) in [6.45, 7) is 3.31. The van der Waals surface area contributed by atoms with Crippen LogP contribution in [0.5, 0.6) is 5.75 Å². The smallest absolute Gasteiger partial charge is 0.266 e. The van der Waals surface area contributed by atoms with Crippen LogP contribution in [0.2, 0.25) is 0 Å². The van der Waals surface area contributed by atoms with Crippen molar-refractivity contribution in [3.8, 4) is 22.7 Å². The Labute approximate surface area is 226 Å². The quantitative estimate of drug-likeness (QED) is 0.132. The highest BCUT2D eigenvalue weighted by atomic mass is 32.2. The Bertz CT molecular complexity index is 1410. The largest absolute Gasteiger partial charge is 0.494 e. The van der Waals surface area contributed by atoms with Gasteiger partial charge in [0.25, 0.3) is 5.91 Å². The second-order valence-corrected chi connectivity index (χ2v) is 10.4. The number of carbonyl (C=O) groups excluding carboxylic acids is 1. The van der Waals surface area contributed by atoms with Gasteiger partial charge in [-0.25, -0.2) is 4.68 Å². The van der Waals surface area contributed by atoms with Crippen molar-refractivity contribution in [3.05, 3.63) is 107 Å². The minimum Gasteiger partial charge on any atom is -0.494 e. The molecule has 0 unspecified atom stereocenters. The molecule has 7 heteroatoms. The lowest BCUT2D eigenvalue weighted by Gasteiger charge is -2.14. The van der Waals surface area contributed by atoms with Crippen molar-refractivity contribution < 1.29 is 9.53 Å². The molecule has 3 aromatic carbocycles. The van der Waals surface area contributed by atoms with Crippen molar-refractivity contribution in [1.82, 2.24) is 14.7 Å². The molecular formula is C30H27N3O2S2. The van der Waals surface area contributed by atoms with Gasteiger partial charge in [0.1, 0.15) is 10.1 Å². The third kappa shape index (κ3) is 5.84. The standard InChI is InChI=1S/C30H27N3O2S2/c1-2-3-18-35-26-16-14-23(15-17-26)28-24(21-33(31-28)25-12-8-5-9-13-25)19-27-29(34)32(30(36)37-27)20-22-10-6-4-7-11-22/h4-17,19,21H,2-3,18,20H2,1H3. The lowest BCUT2D eigenvalue weighted by Crippen LogP contribution is -2.27. The van der Waals surface area contributed by atoms with Gasteiger partial charge in [0.2, 0.25) is 0 Å². The Morgan fingerprint density at radius 3 is 2.38 bits per heavy atom. The van der Waals surface area contributed by atoms with Crippen LogP contribution in [0.3, 0.4) is 0 Å². The summed E-state index contributed by atoms with van der Waals surface area (Å²) in [6, 6.07) is 27.8. The Balaban J connectivity index is 1.47. The number of benzene rings is 3. The highest BCUT2D eigenvalue weighted by Gasteiger charge is 2.32. The van der Waals surface area contributed by atoms with Gasteiger partial charge in [-0.3, -0.25) is 9.69 Å². The van der Waals surface area contributed by atoms with E-state index in [4.69, 9.17) is 22.1 Å². The predicted octanol–water partition coefficient (Wildman–Crippen LogP) is 7.12. The lowest BCUT2D eigenvalue weighted by molar-refractivity contribution is -0.122. The van der Waals surface area contributed by atoms with E-state index in [1.807, 2.05) is 102 Å². The maximum absolute atomic E-state index is 13.3. The Morgan fingerprint density at radius 2 is 1.68 bits per heavy atom. The van der Waals surface area contributed by atoms with E-state index in [9.17, 15) is 4.79 Å². The average Bonchev–Trinajstić information content (AvgIpc) is 3.47. The molecule has 5 nitrogen and oxygen atoms in total. The van der Waals surface area contributed by atoms with Crippen molar-refractivity contribution >= 4 is 40.3 Å². The van der Waals surface area contributed by atoms with E-state index in [0.29, 0.717) is 22.4 Å². The highest BCUT2D eigenvalue weighted by molar-refractivity contribution is 8.26. The molecule has 0 bridgehead atoms. The minimum absolute atomic E-state index is 0.0862. The number of rotatable bonds is 9. The van der Waals surface area contributed by atoms with Crippen LogP contribution in [0.25, 0.3) is 23.0 Å². The molecule has 0 spiro atoms. The second kappa shape index (κ2) is 11.6. The molecule has 1 fully saturated rings. The molecule has 0 aliphatic carbocycles. The zero-order valence-electron chi connectivity index (χ0n) is 20.5. The number of aromatic nitrogens is 2. The van der Waals surface area contributed by atoms with E-state index < -0.39 is 0 Å². The Hall–Kier alpha value is -3.68. The zero-order chi connectivity index (χ0) is 25.6. The third-order valence-electron chi connectivity index (χ3n) is 6.00. The monoisotopic (exact) mass is 525 g/mol. The van der Waals surface area contributed by atoms with E-state index in [1.165, 1.54) is 11.8 Å². The van der Waals surface area contributed by atoms with E-state index >= 15 is 0 Å². The number of carbonyl (C=O) groups is 1. The molecule has 4 aromatic rings. The highest BCUT2D eigenvalue weighted by Crippen LogP contribution is 2.36. The summed E-state index contributed by atoms with van der Waals surface area (Å²) in [5.41, 5.74) is 4.57. The Morgan fingerprint density at radius 1 is 0.973 bits per heavy atom. The SMILES string of the molecule is CCCCOc1ccc(-c2nn(-c3ccccc3)cc2C=C2SC(=S)N(Cc3ccccc3)C2=O)cc1. The van der Waals surface area contributed by atoms with Crippen molar-refractivity contribution in [1.29, 1.82) is 0 Å². The molecule has 186 valence electrons. The van der Waals surface area contributed by atoms with Crippen LogP contribution in [-0.2, 0) is 11.3 Å². The molecule has 1 saturated heterocycles. The molecule has 0 radical (unpaired) electrons. The van der Waals surface area contributed by atoms with Gasteiger partial charge in [0.05, 0.1) is 29.4 Å². The third-order valence-corrected chi connectivity index (χ3v) is 7.38. The van der Waals surface area contributed by atoms with Crippen molar-refractivity contribution in [2.75, 3.05) is 6.61 Å². The van der Waals surface area contributed by atoms with Gasteiger partial charge in [-0.05, 0) is 54.5 Å². The first-order chi connectivity index (χ1) is 18.1. The van der Waals surface area contributed by atoms with E-state index in [2.05, 4.69) is 6.92 Å². The van der Waals surface area contributed by atoms with Crippen LogP contribution in [0.4, 0.5) is 0 Å². The number of ether oxygens (including phenoxy) is 1. The van der Waals surface area contributed by atoms with Crippen LogP contribution in [0.1, 0.15) is 30.9 Å². The van der Waals surface area contributed by atoms with Gasteiger partial charge in [0, 0.05) is 17.3 Å². The minimum atomic E-state index is -0.0862. The summed E-state index contributed by atoms with van der Waals surface area (Å²) in [5, 5.41) is 4.89. The van der Waals surface area contributed by atoms with Crippen LogP contribution in [0, 0.1) is 0 Å². The fraction of sp³-hybridized carbons (Fsp3) is 0.167. The van der Waals surface area contributed by atoms with Gasteiger partial charge < -0.3 is 4.74 Å². The number of hydrogen-bond donors (Lipinski definition) is 0. The van der Waals surface area contributed by atoms with Gasteiger partial charge in [-0.15, -0.1) is 0 Å². The summed E-state index contributed by atoms with van der Waals surface area (Å²) in [6.07, 6.45) is 5.98. The van der Waals surface area contributed by atoms with Crippen molar-refractivity contribution in [2.24, 2.45) is 0 Å². The molecule has 1 aliphatic rings. The summed E-state index contributed by atoms with van der Waals surface area (Å²) in [5.74, 6) is 0.750. The first kappa shape index (κ1) is 25.0. The Kier molecular flexibility index (Phi) is 7.82. The first-order valence-corrected chi connectivity index (χ1v) is 13.5. The molecular weight excluding hydrogens is 498 g/mol. The van der Waals surface area contributed by atoms with Crippen LogP contribution in [0.15, 0.2) is 96.0 Å². The maximum Gasteiger partial charge on any atom is 0.266 e. The van der Waals surface area contributed by atoms with Crippen LogP contribution >= 0.6 is 24.0 Å². The predicted molar refractivity (Wildman–Crippen MR) is 155 cm³/mol. The van der Waals surface area contributed by atoms with Gasteiger partial charge >= 0.3 is 0 Å². The average molecular weight is 526 g/mol. The molecule has 1 amide bonds. The van der Waals surface area contributed by atoms with E-state index in [0.717, 1.165) is 46.7 Å². The van der Waals surface area contributed by atoms with Crippen molar-refractivity contribution in [3.63, 3.8) is 0 Å². The van der Waals surface area contributed by atoms with Crippen molar-refractivity contribution in [2.45, 2.75) is 26.3 Å². The fourth-order valence-corrected chi connectivity index (χ4v) is 5.26. The first-order valence-electron chi connectivity index (χ1n) is 12.3. The number of thioether (sulfide) groups is 1. The normalized spacial score (nSPS) is 14.5. The van der Waals surface area contributed by atoms with Crippen LogP contribution in [-0.4, -0.2) is 31.5 Å². The number of hydrogen-bond acceptors (Lipinski definition) is 5. The molecule has 2 heterocycles. The molecule has 0 N–H and O–H groups in total. The maximum atomic E-state index is 13.3. The van der Waals surface area contributed by atoms with Gasteiger partial charge in [-0.2, -0.15) is 5.10 Å². The zero-order valence-corrected chi connectivity index (χ0v) is 22.2. The summed E-state index contributed by atoms with van der Waals surface area (Å²) >= 11 is 6.90. The summed E-state index contributed by atoms with van der Waals surface area (Å²) < 4.78 is 8.24. The number of amides is 1. The van der Waals surface area contributed by atoms with Gasteiger partial charge in [0.15, 0.2) is 0 Å². The van der Waals surface area contributed by atoms with E-state index in [1.54, 1.807) is 4.90 Å². The lowest BCUT2D eigenvalue weighted by atomic mass is 10.1.